The third-order valence-corrected chi connectivity index (χ3v) is 5.51. The number of hydrogen-bond donors (Lipinski definition) is 2. The van der Waals surface area contributed by atoms with Crippen molar-refractivity contribution in [1.29, 1.82) is 0 Å². The standard InChI is InChI=1S/C22H44NO4P.C2H6/c1-2-3-4-5-6-7-8-9-10-11-12-13-16-19-22(24)23-20-17-14-15-18-21-27-28(25)26;1-2/h2-21H2,1H3,(H-,23,24,25,26);1-2H3/p+1. The highest BCUT2D eigenvalue weighted by molar-refractivity contribution is 7.32. The van der Waals surface area contributed by atoms with Crippen molar-refractivity contribution in [1.82, 2.24) is 5.32 Å². The summed E-state index contributed by atoms with van der Waals surface area (Å²) in [6, 6.07) is 0. The molecular formula is C24H51NO4P+. The summed E-state index contributed by atoms with van der Waals surface area (Å²) in [4.78, 5) is 20.2. The van der Waals surface area contributed by atoms with Gasteiger partial charge in [0.25, 0.3) is 0 Å². The molecule has 30 heavy (non-hydrogen) atoms. The van der Waals surface area contributed by atoms with Crippen LogP contribution in [0.2, 0.25) is 0 Å². The smallest absolute Gasteiger partial charge is 0.356 e. The minimum Gasteiger partial charge on any atom is -0.356 e. The molecule has 0 rings (SSSR count). The van der Waals surface area contributed by atoms with Gasteiger partial charge in [0.1, 0.15) is 6.61 Å². The van der Waals surface area contributed by atoms with Gasteiger partial charge in [0, 0.05) is 17.5 Å². The van der Waals surface area contributed by atoms with Gasteiger partial charge in [0.2, 0.25) is 5.91 Å². The van der Waals surface area contributed by atoms with Crippen LogP contribution in [0.15, 0.2) is 0 Å². The second-order valence-corrected chi connectivity index (χ2v) is 8.56. The summed E-state index contributed by atoms with van der Waals surface area (Å²) in [5, 5.41) is 2.98. The Morgan fingerprint density at radius 2 is 1.17 bits per heavy atom. The largest absolute Gasteiger partial charge is 0.694 e. The fraction of sp³-hybridized carbons (Fsp3) is 0.958. The van der Waals surface area contributed by atoms with E-state index in [2.05, 4.69) is 16.8 Å². The number of amides is 1. The molecule has 6 heteroatoms. The molecule has 0 aromatic carbocycles. The molecule has 1 unspecified atom stereocenters. The summed E-state index contributed by atoms with van der Waals surface area (Å²) in [7, 11) is -2.46. The Kier molecular flexibility index (Phi) is 30.1. The lowest BCUT2D eigenvalue weighted by molar-refractivity contribution is -0.121. The third-order valence-electron chi connectivity index (χ3n) is 5.10. The maximum Gasteiger partial charge on any atom is 0.694 e. The van der Waals surface area contributed by atoms with Crippen LogP contribution in [-0.4, -0.2) is 24.0 Å². The van der Waals surface area contributed by atoms with E-state index in [9.17, 15) is 9.36 Å². The molecule has 0 aromatic rings. The van der Waals surface area contributed by atoms with Crippen LogP contribution in [0.25, 0.3) is 0 Å². The molecule has 0 aliphatic rings. The van der Waals surface area contributed by atoms with Crippen LogP contribution in [0.3, 0.4) is 0 Å². The van der Waals surface area contributed by atoms with E-state index in [1.54, 1.807) is 0 Å². The molecule has 0 aliphatic heterocycles. The van der Waals surface area contributed by atoms with Crippen molar-refractivity contribution in [3.8, 4) is 0 Å². The summed E-state index contributed by atoms with van der Waals surface area (Å²) in [5.41, 5.74) is 0. The van der Waals surface area contributed by atoms with Gasteiger partial charge in [-0.2, -0.15) is 0 Å². The van der Waals surface area contributed by atoms with Gasteiger partial charge in [0.05, 0.1) is 0 Å². The average molecular weight is 449 g/mol. The van der Waals surface area contributed by atoms with Crippen molar-refractivity contribution >= 4 is 14.2 Å². The Balaban J connectivity index is 0. The fourth-order valence-corrected chi connectivity index (χ4v) is 3.63. The quantitative estimate of drug-likeness (QED) is 0.131. The lowest BCUT2D eigenvalue weighted by Crippen LogP contribution is -2.23. The van der Waals surface area contributed by atoms with E-state index >= 15 is 0 Å². The molecule has 0 bridgehead atoms. The van der Waals surface area contributed by atoms with Gasteiger partial charge in [-0.05, 0) is 19.3 Å². The highest BCUT2D eigenvalue weighted by atomic mass is 31.1. The Morgan fingerprint density at radius 3 is 1.67 bits per heavy atom. The van der Waals surface area contributed by atoms with Crippen molar-refractivity contribution in [2.75, 3.05) is 13.2 Å². The summed E-state index contributed by atoms with van der Waals surface area (Å²) in [6.45, 7) is 7.32. The van der Waals surface area contributed by atoms with Gasteiger partial charge < -0.3 is 5.32 Å². The SMILES string of the molecule is CC.CCCCCCCCCCCCCCCC(=O)NCCCCCCO[P+](=O)O. The molecule has 1 amide bonds. The van der Waals surface area contributed by atoms with Gasteiger partial charge in [0.15, 0.2) is 0 Å². The highest BCUT2D eigenvalue weighted by Gasteiger charge is 2.09. The Morgan fingerprint density at radius 1 is 0.733 bits per heavy atom. The average Bonchev–Trinajstić information content (AvgIpc) is 2.74. The summed E-state index contributed by atoms with van der Waals surface area (Å²) < 4.78 is 14.9. The van der Waals surface area contributed by atoms with Crippen LogP contribution in [0, 0.1) is 0 Å². The van der Waals surface area contributed by atoms with Gasteiger partial charge in [-0.3, -0.25) is 4.79 Å². The number of hydrogen-bond acceptors (Lipinski definition) is 3. The van der Waals surface area contributed by atoms with Gasteiger partial charge in [-0.15, -0.1) is 9.42 Å². The molecule has 0 fully saturated rings. The lowest BCUT2D eigenvalue weighted by atomic mass is 10.0. The maximum absolute atomic E-state index is 11.8. The minimum absolute atomic E-state index is 0.170. The van der Waals surface area contributed by atoms with Crippen LogP contribution >= 0.6 is 8.25 Å². The normalized spacial score (nSPS) is 11.0. The van der Waals surface area contributed by atoms with Gasteiger partial charge in [-0.1, -0.05) is 111 Å². The van der Waals surface area contributed by atoms with Crippen molar-refractivity contribution in [3.63, 3.8) is 0 Å². The minimum atomic E-state index is -2.46. The van der Waals surface area contributed by atoms with Crippen LogP contribution < -0.4 is 5.32 Å². The first-order valence-electron chi connectivity index (χ1n) is 12.7. The first-order valence-corrected chi connectivity index (χ1v) is 13.9. The number of nitrogens with one attached hydrogen (secondary N) is 1. The van der Waals surface area contributed by atoms with Gasteiger partial charge >= 0.3 is 8.25 Å². The van der Waals surface area contributed by atoms with Crippen LogP contribution in [0.5, 0.6) is 0 Å². The van der Waals surface area contributed by atoms with Crippen LogP contribution in [0.1, 0.15) is 136 Å². The molecule has 0 radical (unpaired) electrons. The maximum atomic E-state index is 11.8. The molecule has 5 nitrogen and oxygen atoms in total. The van der Waals surface area contributed by atoms with E-state index in [4.69, 9.17) is 4.89 Å². The second-order valence-electron chi connectivity index (χ2n) is 7.83. The van der Waals surface area contributed by atoms with Gasteiger partial charge in [-0.25, -0.2) is 0 Å². The zero-order valence-electron chi connectivity index (χ0n) is 20.3. The van der Waals surface area contributed by atoms with Crippen LogP contribution in [0.4, 0.5) is 0 Å². The zero-order chi connectivity index (χ0) is 22.7. The topological polar surface area (TPSA) is 75.6 Å². The Hall–Kier alpha value is -0.510. The van der Waals surface area contributed by atoms with Crippen molar-refractivity contribution < 1.29 is 18.8 Å². The number of rotatable bonds is 22. The molecule has 180 valence electrons. The monoisotopic (exact) mass is 448 g/mol. The predicted octanol–water partition coefficient (Wildman–Crippen LogP) is 7.84. The van der Waals surface area contributed by atoms with E-state index in [-0.39, 0.29) is 5.91 Å². The summed E-state index contributed by atoms with van der Waals surface area (Å²) in [6.07, 6.45) is 21.6. The van der Waals surface area contributed by atoms with E-state index in [0.717, 1.165) is 45.1 Å². The first-order chi connectivity index (χ1) is 14.7. The number of unbranched alkanes of at least 4 members (excludes halogenated alkanes) is 15. The molecule has 0 spiro atoms. The van der Waals surface area contributed by atoms with E-state index < -0.39 is 8.25 Å². The summed E-state index contributed by atoms with van der Waals surface area (Å²) in [5.74, 6) is 0.170. The molecule has 0 aliphatic carbocycles. The van der Waals surface area contributed by atoms with Crippen molar-refractivity contribution in [2.45, 2.75) is 136 Å². The highest BCUT2D eigenvalue weighted by Crippen LogP contribution is 2.15. The molecule has 2 N–H and O–H groups in total. The Labute approximate surface area is 188 Å². The van der Waals surface area contributed by atoms with Crippen molar-refractivity contribution in [3.05, 3.63) is 0 Å². The lowest BCUT2D eigenvalue weighted by Gasteiger charge is -2.05. The third kappa shape index (κ3) is 29.7. The van der Waals surface area contributed by atoms with Crippen LogP contribution in [-0.2, 0) is 13.9 Å². The second kappa shape index (κ2) is 28.5. The predicted molar refractivity (Wildman–Crippen MR) is 129 cm³/mol. The zero-order valence-corrected chi connectivity index (χ0v) is 21.2. The summed E-state index contributed by atoms with van der Waals surface area (Å²) >= 11 is 0. The number of carbonyl (C=O) groups is 1. The van der Waals surface area contributed by atoms with E-state index in [0.29, 0.717) is 13.0 Å². The molecule has 1 atom stereocenters. The molecule has 0 saturated carbocycles. The Bertz CT molecular complexity index is 367. The first kappa shape index (κ1) is 31.7. The van der Waals surface area contributed by atoms with Crippen molar-refractivity contribution in [2.24, 2.45) is 0 Å². The molecule has 0 aromatic heterocycles. The molecule has 0 heterocycles. The van der Waals surface area contributed by atoms with E-state index in [1.807, 2.05) is 13.8 Å². The fourth-order valence-electron chi connectivity index (χ4n) is 3.34. The molecule has 0 saturated heterocycles. The molecular weight excluding hydrogens is 397 g/mol. The van der Waals surface area contributed by atoms with E-state index in [1.165, 1.54) is 70.6 Å². The number of carbonyl (C=O) groups excluding carboxylic acids is 1.